The Labute approximate surface area is 197 Å². The lowest BCUT2D eigenvalue weighted by molar-refractivity contribution is -0.142. The van der Waals surface area contributed by atoms with Crippen LogP contribution in [0.4, 0.5) is 0 Å². The minimum atomic E-state index is -0.686. The Morgan fingerprint density at radius 1 is 1.06 bits per heavy atom. The van der Waals surface area contributed by atoms with E-state index in [1.54, 1.807) is 49.4 Å². The number of hydrogen-bond donors (Lipinski definition) is 1. The highest BCUT2D eigenvalue weighted by atomic mass is 35.5. The summed E-state index contributed by atoms with van der Waals surface area (Å²) in [5.41, 5.74) is 0.700. The van der Waals surface area contributed by atoms with Crippen molar-refractivity contribution in [3.63, 3.8) is 0 Å². The van der Waals surface area contributed by atoms with E-state index in [0.29, 0.717) is 26.4 Å². The molecular formula is C23H25Cl3N2O3. The van der Waals surface area contributed by atoms with E-state index in [1.165, 1.54) is 4.90 Å². The number of carbonyl (C=O) groups excluding carboxylic acids is 2. The molecule has 166 valence electrons. The molecule has 0 spiro atoms. The minimum Gasteiger partial charge on any atom is -0.484 e. The molecule has 1 aliphatic rings. The predicted molar refractivity (Wildman–Crippen MR) is 124 cm³/mol. The van der Waals surface area contributed by atoms with Crippen LogP contribution in [0.1, 0.15) is 38.2 Å². The SMILES string of the molecule is CC(C(=O)NC1CCCC1)N(Cc1ccc(Cl)cc1Cl)C(=O)COc1ccc(Cl)cc1. The van der Waals surface area contributed by atoms with Crippen molar-refractivity contribution in [1.82, 2.24) is 10.2 Å². The maximum Gasteiger partial charge on any atom is 0.261 e. The van der Waals surface area contributed by atoms with E-state index in [0.717, 1.165) is 25.7 Å². The Morgan fingerprint density at radius 2 is 1.71 bits per heavy atom. The first-order chi connectivity index (χ1) is 14.8. The number of nitrogens with zero attached hydrogens (tertiary/aromatic N) is 1. The molecule has 1 atom stereocenters. The second kappa shape index (κ2) is 11.1. The molecule has 1 fully saturated rings. The van der Waals surface area contributed by atoms with Crippen LogP contribution in [-0.2, 0) is 16.1 Å². The van der Waals surface area contributed by atoms with Gasteiger partial charge in [0.05, 0.1) is 0 Å². The zero-order valence-corrected chi connectivity index (χ0v) is 19.5. The fraction of sp³-hybridized carbons (Fsp3) is 0.391. The van der Waals surface area contributed by atoms with Gasteiger partial charge >= 0.3 is 0 Å². The summed E-state index contributed by atoms with van der Waals surface area (Å²) < 4.78 is 5.62. The standard InChI is InChI=1S/C23H25Cl3N2O3/c1-15(23(30)27-19-4-2-3-5-19)28(13-16-6-7-18(25)12-21(16)26)22(29)14-31-20-10-8-17(24)9-11-20/h6-12,15,19H,2-5,13-14H2,1H3,(H,27,30). The number of rotatable bonds is 8. The van der Waals surface area contributed by atoms with Crippen LogP contribution in [0.15, 0.2) is 42.5 Å². The Morgan fingerprint density at radius 3 is 2.35 bits per heavy atom. The third-order valence-corrected chi connectivity index (χ3v) is 6.24. The van der Waals surface area contributed by atoms with E-state index in [4.69, 9.17) is 39.5 Å². The third kappa shape index (κ3) is 6.76. The van der Waals surface area contributed by atoms with Gasteiger partial charge in [0.1, 0.15) is 11.8 Å². The largest absolute Gasteiger partial charge is 0.484 e. The number of amides is 2. The Balaban J connectivity index is 1.73. The van der Waals surface area contributed by atoms with Crippen LogP contribution in [0.5, 0.6) is 5.75 Å². The van der Waals surface area contributed by atoms with Crippen molar-refractivity contribution in [3.05, 3.63) is 63.1 Å². The number of carbonyl (C=O) groups is 2. The lowest BCUT2D eigenvalue weighted by Crippen LogP contribution is -2.50. The molecule has 1 saturated carbocycles. The number of ether oxygens (including phenoxy) is 1. The molecular weight excluding hydrogens is 459 g/mol. The predicted octanol–water partition coefficient (Wildman–Crippen LogP) is 5.50. The average Bonchev–Trinajstić information content (AvgIpc) is 3.25. The molecule has 0 radical (unpaired) electrons. The first-order valence-corrected chi connectivity index (χ1v) is 11.4. The third-order valence-electron chi connectivity index (χ3n) is 5.40. The highest BCUT2D eigenvalue weighted by molar-refractivity contribution is 6.35. The summed E-state index contributed by atoms with van der Waals surface area (Å²) in [6, 6.07) is 11.3. The molecule has 8 heteroatoms. The molecule has 2 aromatic rings. The molecule has 5 nitrogen and oxygen atoms in total. The zero-order chi connectivity index (χ0) is 22.4. The van der Waals surface area contributed by atoms with Gasteiger partial charge < -0.3 is 15.0 Å². The molecule has 3 rings (SSSR count). The van der Waals surface area contributed by atoms with E-state index >= 15 is 0 Å². The second-order valence-corrected chi connectivity index (χ2v) is 8.95. The molecule has 0 heterocycles. The number of nitrogens with one attached hydrogen (secondary N) is 1. The van der Waals surface area contributed by atoms with Gasteiger partial charge in [-0.15, -0.1) is 0 Å². The second-order valence-electron chi connectivity index (χ2n) is 7.67. The smallest absolute Gasteiger partial charge is 0.261 e. The van der Waals surface area contributed by atoms with Gasteiger partial charge in [0.25, 0.3) is 5.91 Å². The van der Waals surface area contributed by atoms with Crippen molar-refractivity contribution in [2.24, 2.45) is 0 Å². The highest BCUT2D eigenvalue weighted by Crippen LogP contribution is 2.24. The first-order valence-electron chi connectivity index (χ1n) is 10.3. The van der Waals surface area contributed by atoms with Gasteiger partial charge in [-0.3, -0.25) is 9.59 Å². The first kappa shape index (κ1) is 23.7. The molecule has 0 bridgehead atoms. The summed E-state index contributed by atoms with van der Waals surface area (Å²) in [5, 5.41) is 4.58. The minimum absolute atomic E-state index is 0.163. The normalized spacial score (nSPS) is 14.8. The van der Waals surface area contributed by atoms with Crippen LogP contribution in [0.2, 0.25) is 15.1 Å². The molecule has 0 saturated heterocycles. The lowest BCUT2D eigenvalue weighted by Gasteiger charge is -2.30. The summed E-state index contributed by atoms with van der Waals surface area (Å²) in [4.78, 5) is 27.4. The number of benzene rings is 2. The van der Waals surface area contributed by atoms with Gasteiger partial charge in [-0.25, -0.2) is 0 Å². The maximum atomic E-state index is 13.1. The molecule has 0 aromatic heterocycles. The van der Waals surface area contributed by atoms with Crippen molar-refractivity contribution in [3.8, 4) is 5.75 Å². The van der Waals surface area contributed by atoms with E-state index in [-0.39, 0.29) is 31.0 Å². The highest BCUT2D eigenvalue weighted by Gasteiger charge is 2.29. The summed E-state index contributed by atoms with van der Waals surface area (Å²) in [6.07, 6.45) is 4.15. The van der Waals surface area contributed by atoms with Gasteiger partial charge in [-0.1, -0.05) is 53.7 Å². The fourth-order valence-corrected chi connectivity index (χ4v) is 4.16. The molecule has 31 heavy (non-hydrogen) atoms. The topological polar surface area (TPSA) is 58.6 Å². The zero-order valence-electron chi connectivity index (χ0n) is 17.2. The number of hydrogen-bond acceptors (Lipinski definition) is 3. The van der Waals surface area contributed by atoms with E-state index in [1.807, 2.05) is 0 Å². The molecule has 1 unspecified atom stereocenters. The molecule has 2 amide bonds. The van der Waals surface area contributed by atoms with Crippen molar-refractivity contribution in [2.75, 3.05) is 6.61 Å². The molecule has 2 aromatic carbocycles. The van der Waals surface area contributed by atoms with E-state index in [2.05, 4.69) is 5.32 Å². The van der Waals surface area contributed by atoms with Crippen LogP contribution < -0.4 is 10.1 Å². The molecule has 1 N–H and O–H groups in total. The average molecular weight is 484 g/mol. The quantitative estimate of drug-likeness (QED) is 0.539. The van der Waals surface area contributed by atoms with Crippen LogP contribution in [-0.4, -0.2) is 35.4 Å². The summed E-state index contributed by atoms with van der Waals surface area (Å²) >= 11 is 18.2. The Hall–Kier alpha value is -1.95. The molecule has 1 aliphatic carbocycles. The van der Waals surface area contributed by atoms with Gasteiger partial charge in [0.2, 0.25) is 5.91 Å². The Bertz CT molecular complexity index is 915. The monoisotopic (exact) mass is 482 g/mol. The van der Waals surface area contributed by atoms with Crippen LogP contribution in [0.3, 0.4) is 0 Å². The van der Waals surface area contributed by atoms with Gasteiger partial charge in [-0.2, -0.15) is 0 Å². The van der Waals surface area contributed by atoms with Crippen LogP contribution in [0.25, 0.3) is 0 Å². The van der Waals surface area contributed by atoms with Crippen molar-refractivity contribution in [2.45, 2.75) is 51.2 Å². The Kier molecular flexibility index (Phi) is 8.47. The lowest BCUT2D eigenvalue weighted by atomic mass is 10.1. The van der Waals surface area contributed by atoms with Crippen molar-refractivity contribution in [1.29, 1.82) is 0 Å². The van der Waals surface area contributed by atoms with Crippen LogP contribution in [0, 0.1) is 0 Å². The van der Waals surface area contributed by atoms with Crippen LogP contribution >= 0.6 is 34.8 Å². The summed E-state index contributed by atoms with van der Waals surface area (Å²) in [6.45, 7) is 1.67. The summed E-state index contributed by atoms with van der Waals surface area (Å²) in [7, 11) is 0. The fourth-order valence-electron chi connectivity index (χ4n) is 3.57. The maximum absolute atomic E-state index is 13.1. The number of halogens is 3. The van der Waals surface area contributed by atoms with E-state index in [9.17, 15) is 9.59 Å². The van der Waals surface area contributed by atoms with Gasteiger partial charge in [0, 0.05) is 27.7 Å². The van der Waals surface area contributed by atoms with E-state index < -0.39 is 6.04 Å². The van der Waals surface area contributed by atoms with Gasteiger partial charge in [-0.05, 0) is 61.7 Å². The van der Waals surface area contributed by atoms with Crippen molar-refractivity contribution < 1.29 is 14.3 Å². The van der Waals surface area contributed by atoms with Gasteiger partial charge in [0.15, 0.2) is 6.61 Å². The molecule has 0 aliphatic heterocycles. The summed E-state index contributed by atoms with van der Waals surface area (Å²) in [5.74, 6) is 0.0113. The van der Waals surface area contributed by atoms with Crippen molar-refractivity contribution >= 4 is 46.6 Å².